The molecule has 3 amide bonds. The lowest BCUT2D eigenvalue weighted by molar-refractivity contribution is -0.116. The Kier molecular flexibility index (Phi) is 11.9. The first kappa shape index (κ1) is 33.5. The van der Waals surface area contributed by atoms with E-state index in [-0.39, 0.29) is 11.6 Å². The van der Waals surface area contributed by atoms with Gasteiger partial charge in [-0.2, -0.15) is 0 Å². The van der Waals surface area contributed by atoms with Crippen LogP contribution in [0.25, 0.3) is 6.08 Å². The van der Waals surface area contributed by atoms with Gasteiger partial charge in [0.2, 0.25) is 5.91 Å². The van der Waals surface area contributed by atoms with E-state index < -0.39 is 17.1 Å². The molecule has 0 aliphatic heterocycles. The molecule has 4 aromatic carbocycles. The lowest BCUT2D eigenvalue weighted by atomic mass is 10.1. The number of hydrogen-bond acceptors (Lipinski definition) is 6. The van der Waals surface area contributed by atoms with Gasteiger partial charge in [-0.25, -0.2) is 0 Å². The Morgan fingerprint density at radius 1 is 0.800 bits per heavy atom. The van der Waals surface area contributed by atoms with Crippen LogP contribution in [-0.4, -0.2) is 37.2 Å². The second-order valence-electron chi connectivity index (χ2n) is 9.64. The lowest BCUT2D eigenvalue weighted by Crippen LogP contribution is -2.30. The van der Waals surface area contributed by atoms with Crippen LogP contribution < -0.4 is 25.4 Å². The number of rotatable bonds is 12. The van der Waals surface area contributed by atoms with Crippen molar-refractivity contribution in [3.63, 3.8) is 0 Å². The molecule has 0 heterocycles. The Morgan fingerprint density at radius 2 is 1.51 bits per heavy atom. The largest absolute Gasteiger partial charge is 0.493 e. The highest BCUT2D eigenvalue weighted by Crippen LogP contribution is 2.31. The summed E-state index contributed by atoms with van der Waals surface area (Å²) < 4.78 is 10.7. The number of amides is 3. The molecule has 0 saturated carbocycles. The molecule has 0 saturated heterocycles. The number of ether oxygens (including phenoxy) is 2. The van der Waals surface area contributed by atoms with Crippen LogP contribution in [0.2, 0.25) is 10.0 Å². The molecule has 232 valence electrons. The van der Waals surface area contributed by atoms with Crippen molar-refractivity contribution in [1.29, 1.82) is 0 Å². The summed E-state index contributed by atoms with van der Waals surface area (Å²) in [5.74, 6) is -0.200. The summed E-state index contributed by atoms with van der Waals surface area (Å²) in [5.41, 5.74) is 2.00. The molecule has 0 fully saturated rings. The van der Waals surface area contributed by atoms with E-state index in [0.29, 0.717) is 50.5 Å². The van der Waals surface area contributed by atoms with Gasteiger partial charge in [0.15, 0.2) is 11.5 Å². The second kappa shape index (κ2) is 16.0. The third kappa shape index (κ3) is 9.52. The lowest BCUT2D eigenvalue weighted by Gasteiger charge is -2.16. The highest BCUT2D eigenvalue weighted by molar-refractivity contribution is 8.00. The molecule has 0 radical (unpaired) electrons. The third-order valence-electron chi connectivity index (χ3n) is 6.41. The number of halogens is 2. The first-order valence-electron chi connectivity index (χ1n) is 13.8. The predicted octanol–water partition coefficient (Wildman–Crippen LogP) is 7.93. The van der Waals surface area contributed by atoms with Crippen molar-refractivity contribution in [2.75, 3.05) is 24.9 Å². The van der Waals surface area contributed by atoms with Crippen molar-refractivity contribution >= 4 is 70.1 Å². The highest BCUT2D eigenvalue weighted by atomic mass is 35.5. The van der Waals surface area contributed by atoms with Crippen LogP contribution in [0.4, 0.5) is 11.4 Å². The van der Waals surface area contributed by atoms with Crippen LogP contribution in [-0.2, 0) is 9.59 Å². The van der Waals surface area contributed by atoms with Crippen molar-refractivity contribution in [3.8, 4) is 11.5 Å². The molecule has 4 rings (SSSR count). The minimum atomic E-state index is -0.543. The van der Waals surface area contributed by atoms with Gasteiger partial charge in [-0.1, -0.05) is 60.5 Å². The maximum atomic E-state index is 13.6. The molecule has 4 aromatic rings. The zero-order valence-electron chi connectivity index (χ0n) is 24.7. The smallest absolute Gasteiger partial charge is 0.272 e. The molecular weight excluding hydrogens is 633 g/mol. The molecule has 0 bridgehead atoms. The van der Waals surface area contributed by atoms with Gasteiger partial charge in [0.25, 0.3) is 11.8 Å². The maximum absolute atomic E-state index is 13.6. The van der Waals surface area contributed by atoms with Gasteiger partial charge in [-0.15, -0.1) is 11.8 Å². The van der Waals surface area contributed by atoms with Gasteiger partial charge < -0.3 is 25.4 Å². The van der Waals surface area contributed by atoms with Crippen molar-refractivity contribution in [2.45, 2.75) is 23.5 Å². The summed E-state index contributed by atoms with van der Waals surface area (Å²) in [5, 5.41) is 8.86. The molecule has 1 atom stereocenters. The number of carbonyl (C=O) groups excluding carboxylic acids is 3. The van der Waals surface area contributed by atoms with Crippen LogP contribution in [0.3, 0.4) is 0 Å². The van der Waals surface area contributed by atoms with Crippen molar-refractivity contribution < 1.29 is 23.9 Å². The number of nitrogens with one attached hydrogen (secondary N) is 3. The summed E-state index contributed by atoms with van der Waals surface area (Å²) in [6.07, 6.45) is 2.10. The van der Waals surface area contributed by atoms with Crippen molar-refractivity contribution in [3.05, 3.63) is 118 Å². The van der Waals surface area contributed by atoms with E-state index in [1.807, 2.05) is 13.0 Å². The van der Waals surface area contributed by atoms with Gasteiger partial charge >= 0.3 is 0 Å². The Balaban J connectivity index is 1.54. The van der Waals surface area contributed by atoms with E-state index in [1.165, 1.54) is 26.0 Å². The minimum absolute atomic E-state index is 0.0140. The van der Waals surface area contributed by atoms with Crippen LogP contribution in [0.5, 0.6) is 11.5 Å². The molecule has 8 nitrogen and oxygen atoms in total. The quantitative estimate of drug-likeness (QED) is 0.105. The van der Waals surface area contributed by atoms with Crippen LogP contribution in [0, 0.1) is 0 Å². The van der Waals surface area contributed by atoms with E-state index in [4.69, 9.17) is 32.7 Å². The zero-order chi connectivity index (χ0) is 32.3. The zero-order valence-corrected chi connectivity index (χ0v) is 27.1. The summed E-state index contributed by atoms with van der Waals surface area (Å²) in [6.45, 7) is 1.91. The summed E-state index contributed by atoms with van der Waals surface area (Å²) in [4.78, 5) is 40.4. The first-order chi connectivity index (χ1) is 21.7. The molecule has 1 unspecified atom stereocenters. The number of anilines is 2. The summed E-state index contributed by atoms with van der Waals surface area (Å²) >= 11 is 13.5. The van der Waals surface area contributed by atoms with E-state index in [0.717, 1.165) is 4.90 Å². The number of hydrogen-bond donors (Lipinski definition) is 3. The molecule has 0 aromatic heterocycles. The Morgan fingerprint density at radius 3 is 2.18 bits per heavy atom. The fraction of sp³-hybridized carbons (Fsp3) is 0.147. The van der Waals surface area contributed by atoms with Crippen LogP contribution in [0.15, 0.2) is 102 Å². The first-order valence-corrected chi connectivity index (χ1v) is 15.5. The molecule has 45 heavy (non-hydrogen) atoms. The molecule has 0 aliphatic rings. The maximum Gasteiger partial charge on any atom is 0.272 e. The van der Waals surface area contributed by atoms with Crippen LogP contribution >= 0.6 is 35.0 Å². The third-order valence-corrected chi connectivity index (χ3v) is 8.21. The molecule has 3 N–H and O–H groups in total. The number of thioether (sulfide) groups is 1. The molecule has 0 aliphatic carbocycles. The monoisotopic (exact) mass is 663 g/mol. The highest BCUT2D eigenvalue weighted by Gasteiger charge is 2.20. The number of methoxy groups -OCH3 is 2. The van der Waals surface area contributed by atoms with Crippen molar-refractivity contribution in [1.82, 2.24) is 5.32 Å². The fourth-order valence-corrected chi connectivity index (χ4v) is 5.77. The summed E-state index contributed by atoms with van der Waals surface area (Å²) in [7, 11) is 3.05. The van der Waals surface area contributed by atoms with Gasteiger partial charge in [0.05, 0.1) is 19.5 Å². The SMILES string of the molecule is CCC(Sc1cccc(NC(=O)/C(=C\c2ccc(OC)c(OC)c2)NC(=O)c2ccccc2)c1)C(=O)Nc1cc(Cl)cc(Cl)c1. The molecule has 11 heteroatoms. The predicted molar refractivity (Wildman–Crippen MR) is 182 cm³/mol. The topological polar surface area (TPSA) is 106 Å². The van der Waals surface area contributed by atoms with Gasteiger partial charge in [0, 0.05) is 31.9 Å². The van der Waals surface area contributed by atoms with Gasteiger partial charge in [-0.3, -0.25) is 14.4 Å². The van der Waals surface area contributed by atoms with Gasteiger partial charge in [-0.05, 0) is 78.7 Å². The van der Waals surface area contributed by atoms with Gasteiger partial charge in [0.1, 0.15) is 5.70 Å². The number of carbonyl (C=O) groups is 3. The number of benzene rings is 4. The standard InChI is InChI=1S/C34H31Cl2N3O5S/c1-4-31(34(42)38-26-18-23(35)17-24(36)19-26)45-27-12-8-11-25(20-27)37-33(41)28(39-32(40)22-9-6-5-7-10-22)15-21-13-14-29(43-2)30(16-21)44-3/h5-20,31H,4H2,1-3H3,(H,37,41)(H,38,42)(H,39,40)/b28-15+. The second-order valence-corrected chi connectivity index (χ2v) is 11.8. The Hall–Kier alpha value is -4.44. The van der Waals surface area contributed by atoms with E-state index >= 15 is 0 Å². The molecule has 0 spiro atoms. The van der Waals surface area contributed by atoms with Crippen molar-refractivity contribution in [2.24, 2.45) is 0 Å². The Labute approximate surface area is 276 Å². The normalized spacial score (nSPS) is 11.7. The molecular formula is C34H31Cl2N3O5S. The summed E-state index contributed by atoms with van der Waals surface area (Å²) in [6, 6.07) is 25.7. The average Bonchev–Trinajstić information content (AvgIpc) is 3.03. The minimum Gasteiger partial charge on any atom is -0.493 e. The van der Waals surface area contributed by atoms with E-state index in [2.05, 4.69) is 16.0 Å². The van der Waals surface area contributed by atoms with E-state index in [1.54, 1.807) is 91.0 Å². The Bertz CT molecular complexity index is 1700. The van der Waals surface area contributed by atoms with E-state index in [9.17, 15) is 14.4 Å². The average molecular weight is 665 g/mol. The fourth-order valence-electron chi connectivity index (χ4n) is 4.23. The van der Waals surface area contributed by atoms with Crippen LogP contribution in [0.1, 0.15) is 29.3 Å².